The number of anilines is 1. The van der Waals surface area contributed by atoms with Crippen LogP contribution in [-0.2, 0) is 25.7 Å². The third-order valence-electron chi connectivity index (χ3n) is 5.24. The Morgan fingerprint density at radius 3 is 2.03 bits per heavy atom. The van der Waals surface area contributed by atoms with Crippen molar-refractivity contribution in [3.05, 3.63) is 108 Å². The highest BCUT2D eigenvalue weighted by Gasteiger charge is 2.33. The fourth-order valence-electron chi connectivity index (χ4n) is 3.42. The summed E-state index contributed by atoms with van der Waals surface area (Å²) in [7, 11) is 0. The standard InChI is InChI=1S/C28H27N3O7/c32-18-24(27(35)36)31(22-14-8-3-9-15-22)26(34)23(16-20-10-4-1-5-11-20)30-25(33)17-29-28(37)38-19-21-12-6-2-7-13-21/h1-16,24,32H,17-19H2,(H,29,37)(H,30,33)(H,35,36)/t24-/m0/s1. The van der Waals surface area contributed by atoms with E-state index in [2.05, 4.69) is 10.6 Å². The quantitative estimate of drug-likeness (QED) is 0.286. The number of amides is 3. The summed E-state index contributed by atoms with van der Waals surface area (Å²) in [6.07, 6.45) is 0.543. The van der Waals surface area contributed by atoms with Crippen LogP contribution in [0.3, 0.4) is 0 Å². The topological polar surface area (TPSA) is 145 Å². The smallest absolute Gasteiger partial charge is 0.407 e. The molecule has 0 saturated heterocycles. The van der Waals surface area contributed by atoms with Crippen LogP contribution in [0.25, 0.3) is 6.08 Å². The molecule has 3 rings (SSSR count). The molecule has 1 atom stereocenters. The van der Waals surface area contributed by atoms with E-state index in [1.807, 2.05) is 6.07 Å². The Labute approximate surface area is 219 Å². The highest BCUT2D eigenvalue weighted by atomic mass is 16.5. The minimum atomic E-state index is -1.62. The molecule has 38 heavy (non-hydrogen) atoms. The normalized spacial score (nSPS) is 11.7. The first-order valence-corrected chi connectivity index (χ1v) is 11.6. The number of benzene rings is 3. The number of aliphatic carboxylic acids is 1. The summed E-state index contributed by atoms with van der Waals surface area (Å²) in [5.74, 6) is -3.06. The van der Waals surface area contributed by atoms with Crippen molar-refractivity contribution < 1.29 is 34.1 Å². The average molecular weight is 518 g/mol. The molecule has 0 radical (unpaired) electrons. The number of para-hydroxylation sites is 1. The molecule has 4 N–H and O–H groups in total. The van der Waals surface area contributed by atoms with Crippen molar-refractivity contribution in [2.75, 3.05) is 18.1 Å². The average Bonchev–Trinajstić information content (AvgIpc) is 2.94. The number of alkyl carbamates (subject to hydrolysis) is 1. The molecule has 10 heteroatoms. The molecule has 0 unspecified atom stereocenters. The second-order valence-electron chi connectivity index (χ2n) is 7.98. The predicted octanol–water partition coefficient (Wildman–Crippen LogP) is 2.55. The van der Waals surface area contributed by atoms with Crippen molar-refractivity contribution in [3.8, 4) is 0 Å². The second-order valence-corrected chi connectivity index (χ2v) is 7.98. The van der Waals surface area contributed by atoms with E-state index in [0.717, 1.165) is 10.5 Å². The van der Waals surface area contributed by atoms with Crippen LogP contribution in [0.2, 0.25) is 0 Å². The van der Waals surface area contributed by atoms with E-state index >= 15 is 0 Å². The maximum absolute atomic E-state index is 13.6. The summed E-state index contributed by atoms with van der Waals surface area (Å²) >= 11 is 0. The molecule has 0 aliphatic rings. The van der Waals surface area contributed by atoms with Gasteiger partial charge in [0, 0.05) is 5.69 Å². The molecule has 0 heterocycles. The summed E-state index contributed by atoms with van der Waals surface area (Å²) < 4.78 is 5.08. The Morgan fingerprint density at radius 1 is 0.868 bits per heavy atom. The minimum absolute atomic E-state index is 0.00963. The molecule has 3 amide bonds. The predicted molar refractivity (Wildman–Crippen MR) is 140 cm³/mol. The molecule has 3 aromatic carbocycles. The summed E-state index contributed by atoms with van der Waals surface area (Å²) in [5.41, 5.74) is 1.26. The van der Waals surface area contributed by atoms with Crippen LogP contribution in [0.15, 0.2) is 96.7 Å². The van der Waals surface area contributed by atoms with E-state index in [4.69, 9.17) is 4.74 Å². The summed E-state index contributed by atoms with van der Waals surface area (Å²) in [6.45, 7) is -1.37. The SMILES string of the molecule is O=C(CNC(=O)OCc1ccccc1)NC(=Cc1ccccc1)C(=O)N(c1ccccc1)[C@@H](CO)C(=O)O. The molecule has 0 saturated carbocycles. The number of carboxylic acid groups (broad SMARTS) is 1. The molecule has 0 fully saturated rings. The van der Waals surface area contributed by atoms with E-state index in [-0.39, 0.29) is 18.0 Å². The zero-order valence-corrected chi connectivity index (χ0v) is 20.3. The van der Waals surface area contributed by atoms with Gasteiger partial charge in [0.15, 0.2) is 6.04 Å². The van der Waals surface area contributed by atoms with Crippen LogP contribution in [0.5, 0.6) is 0 Å². The molecule has 10 nitrogen and oxygen atoms in total. The number of carbonyl (C=O) groups is 4. The molecular formula is C28H27N3O7. The number of aliphatic hydroxyl groups is 1. The number of rotatable bonds is 11. The van der Waals surface area contributed by atoms with Gasteiger partial charge in [-0.1, -0.05) is 78.9 Å². The van der Waals surface area contributed by atoms with Gasteiger partial charge in [-0.2, -0.15) is 0 Å². The fourth-order valence-corrected chi connectivity index (χ4v) is 3.42. The molecular weight excluding hydrogens is 490 g/mol. The monoisotopic (exact) mass is 517 g/mol. The lowest BCUT2D eigenvalue weighted by Crippen LogP contribution is -2.50. The molecule has 0 aliphatic heterocycles. The van der Waals surface area contributed by atoms with Crippen LogP contribution in [0.1, 0.15) is 11.1 Å². The summed E-state index contributed by atoms with van der Waals surface area (Å²) in [5, 5.41) is 24.2. The Kier molecular flexibility index (Phi) is 10.1. The summed E-state index contributed by atoms with van der Waals surface area (Å²) in [4.78, 5) is 51.1. The van der Waals surface area contributed by atoms with Crippen LogP contribution >= 0.6 is 0 Å². The van der Waals surface area contributed by atoms with Crippen molar-refractivity contribution in [2.45, 2.75) is 12.6 Å². The Morgan fingerprint density at radius 2 is 1.45 bits per heavy atom. The first-order chi connectivity index (χ1) is 18.4. The zero-order valence-electron chi connectivity index (χ0n) is 20.3. The van der Waals surface area contributed by atoms with Crippen molar-refractivity contribution in [1.82, 2.24) is 10.6 Å². The Balaban J connectivity index is 1.79. The second kappa shape index (κ2) is 14.0. The van der Waals surface area contributed by atoms with Gasteiger partial charge in [-0.25, -0.2) is 9.59 Å². The highest BCUT2D eigenvalue weighted by molar-refractivity contribution is 6.12. The van der Waals surface area contributed by atoms with Gasteiger partial charge in [-0.15, -0.1) is 0 Å². The molecule has 0 aliphatic carbocycles. The van der Waals surface area contributed by atoms with Crippen LogP contribution in [0, 0.1) is 0 Å². The number of ether oxygens (including phenoxy) is 1. The number of carbonyl (C=O) groups excluding carboxylic acids is 3. The van der Waals surface area contributed by atoms with E-state index in [1.54, 1.807) is 72.8 Å². The van der Waals surface area contributed by atoms with Crippen LogP contribution in [-0.4, -0.2) is 53.3 Å². The van der Waals surface area contributed by atoms with Gasteiger partial charge < -0.3 is 25.6 Å². The maximum atomic E-state index is 13.6. The van der Waals surface area contributed by atoms with Gasteiger partial charge in [0.25, 0.3) is 5.91 Å². The van der Waals surface area contributed by atoms with Gasteiger partial charge in [0.1, 0.15) is 18.8 Å². The Hall–Kier alpha value is -4.96. The molecule has 3 aromatic rings. The molecule has 0 spiro atoms. The van der Waals surface area contributed by atoms with Gasteiger partial charge in [0.2, 0.25) is 5.91 Å². The van der Waals surface area contributed by atoms with Crippen LogP contribution in [0.4, 0.5) is 10.5 Å². The molecule has 196 valence electrons. The number of hydrogen-bond acceptors (Lipinski definition) is 6. The van der Waals surface area contributed by atoms with Crippen molar-refractivity contribution in [2.24, 2.45) is 0 Å². The van der Waals surface area contributed by atoms with Crippen molar-refractivity contribution in [1.29, 1.82) is 0 Å². The number of hydrogen-bond donors (Lipinski definition) is 4. The largest absolute Gasteiger partial charge is 0.480 e. The van der Waals surface area contributed by atoms with Gasteiger partial charge in [-0.3, -0.25) is 14.5 Å². The lowest BCUT2D eigenvalue weighted by atomic mass is 10.1. The maximum Gasteiger partial charge on any atom is 0.407 e. The van der Waals surface area contributed by atoms with Crippen molar-refractivity contribution >= 4 is 35.6 Å². The van der Waals surface area contributed by atoms with E-state index in [1.165, 1.54) is 18.2 Å². The van der Waals surface area contributed by atoms with Gasteiger partial charge >= 0.3 is 12.1 Å². The number of aliphatic hydroxyl groups excluding tert-OH is 1. The van der Waals surface area contributed by atoms with Gasteiger partial charge in [0.05, 0.1) is 6.61 Å². The first kappa shape index (κ1) is 27.6. The lowest BCUT2D eigenvalue weighted by Gasteiger charge is -2.29. The van der Waals surface area contributed by atoms with Gasteiger partial charge in [-0.05, 0) is 29.3 Å². The Bertz CT molecular complexity index is 1270. The zero-order chi connectivity index (χ0) is 27.3. The van der Waals surface area contributed by atoms with E-state index < -0.39 is 43.1 Å². The fraction of sp³-hybridized carbons (Fsp3) is 0.143. The lowest BCUT2D eigenvalue weighted by molar-refractivity contribution is -0.140. The third kappa shape index (κ3) is 8.04. The number of nitrogens with one attached hydrogen (secondary N) is 2. The highest BCUT2D eigenvalue weighted by Crippen LogP contribution is 2.20. The first-order valence-electron chi connectivity index (χ1n) is 11.6. The van der Waals surface area contributed by atoms with Crippen LogP contribution < -0.4 is 15.5 Å². The summed E-state index contributed by atoms with van der Waals surface area (Å²) in [6, 6.07) is 23.9. The third-order valence-corrected chi connectivity index (χ3v) is 5.24. The number of nitrogens with zero attached hydrogens (tertiary/aromatic N) is 1. The molecule has 0 bridgehead atoms. The number of carboxylic acids is 1. The van der Waals surface area contributed by atoms with E-state index in [0.29, 0.717) is 5.56 Å². The molecule has 0 aromatic heterocycles. The minimum Gasteiger partial charge on any atom is -0.480 e. The van der Waals surface area contributed by atoms with E-state index in [9.17, 15) is 29.4 Å². The van der Waals surface area contributed by atoms with Crippen molar-refractivity contribution in [3.63, 3.8) is 0 Å².